The number of imidazole rings is 1. The van der Waals surface area contributed by atoms with Gasteiger partial charge in [0.2, 0.25) is 0 Å². The summed E-state index contributed by atoms with van der Waals surface area (Å²) in [5.41, 5.74) is 0.810. The van der Waals surface area contributed by atoms with Crippen molar-refractivity contribution in [2.75, 3.05) is 26.2 Å². The van der Waals surface area contributed by atoms with E-state index in [1.54, 1.807) is 24.7 Å². The van der Waals surface area contributed by atoms with E-state index in [1.807, 2.05) is 23.0 Å². The quantitative estimate of drug-likeness (QED) is 0.654. The van der Waals surface area contributed by atoms with Crippen LogP contribution in [0.25, 0.3) is 12.0 Å². The molecule has 1 aromatic carbocycles. The van der Waals surface area contributed by atoms with Gasteiger partial charge in [-0.15, -0.1) is 0 Å². The smallest absolute Gasteiger partial charge is 0.144 e. The van der Waals surface area contributed by atoms with E-state index in [2.05, 4.69) is 23.7 Å². The molecule has 1 aromatic heterocycles. The van der Waals surface area contributed by atoms with E-state index in [-0.39, 0.29) is 0 Å². The van der Waals surface area contributed by atoms with Crippen LogP contribution < -0.4 is 0 Å². The molecule has 0 aliphatic rings. The molecule has 2 rings (SSSR count). The minimum absolute atomic E-state index is 0.562. The second-order valence-corrected chi connectivity index (χ2v) is 5.85. The molecule has 2 aromatic rings. The first kappa shape index (κ1) is 17.9. The summed E-state index contributed by atoms with van der Waals surface area (Å²) in [7, 11) is 0. The number of rotatable bonds is 8. The highest BCUT2D eigenvalue weighted by Crippen LogP contribution is 2.28. The lowest BCUT2D eigenvalue weighted by Gasteiger charge is -2.19. The number of halogens is 2. The molecule has 0 saturated heterocycles. The molecule has 0 saturated carbocycles. The summed E-state index contributed by atoms with van der Waals surface area (Å²) in [6, 6.07) is 5.39. The van der Waals surface area contributed by atoms with Crippen LogP contribution in [0.2, 0.25) is 10.0 Å². The van der Waals surface area contributed by atoms with E-state index in [9.17, 15) is 0 Å². The van der Waals surface area contributed by atoms with Crippen molar-refractivity contribution in [2.24, 2.45) is 0 Å². The number of aromatic nitrogens is 2. The Morgan fingerprint density at radius 2 is 2.09 bits per heavy atom. The number of hydrogen-bond donors (Lipinski definition) is 0. The zero-order valence-electron chi connectivity index (χ0n) is 13.4. The Labute approximate surface area is 147 Å². The Bertz CT molecular complexity index is 637. The fourth-order valence-electron chi connectivity index (χ4n) is 2.18. The first-order valence-electron chi connectivity index (χ1n) is 7.63. The largest absolute Gasteiger partial charge is 0.490 e. The number of likely N-dealkylation sites (N-methyl/N-ethyl adjacent to an activating group) is 1. The monoisotopic (exact) mass is 353 g/mol. The predicted molar refractivity (Wildman–Crippen MR) is 96.6 cm³/mol. The van der Waals surface area contributed by atoms with Gasteiger partial charge in [0.25, 0.3) is 0 Å². The second-order valence-electron chi connectivity index (χ2n) is 5.00. The third-order valence-corrected chi connectivity index (χ3v) is 4.10. The highest BCUT2D eigenvalue weighted by atomic mass is 35.5. The summed E-state index contributed by atoms with van der Waals surface area (Å²) in [4.78, 5) is 6.34. The van der Waals surface area contributed by atoms with Crippen molar-refractivity contribution in [3.8, 4) is 0 Å². The molecule has 0 aliphatic heterocycles. The molecular weight excluding hydrogens is 333 g/mol. The van der Waals surface area contributed by atoms with Gasteiger partial charge in [0.15, 0.2) is 0 Å². The molecule has 0 aliphatic carbocycles. The van der Waals surface area contributed by atoms with E-state index in [0.717, 1.165) is 25.2 Å². The van der Waals surface area contributed by atoms with Crippen molar-refractivity contribution in [3.63, 3.8) is 0 Å². The van der Waals surface area contributed by atoms with Gasteiger partial charge in [-0.2, -0.15) is 0 Å². The number of benzene rings is 1. The van der Waals surface area contributed by atoms with Gasteiger partial charge in [-0.25, -0.2) is 4.98 Å². The van der Waals surface area contributed by atoms with Crippen molar-refractivity contribution >= 4 is 35.2 Å². The molecule has 1 heterocycles. The number of ether oxygens (including phenoxy) is 1. The summed E-state index contributed by atoms with van der Waals surface area (Å²) in [5, 5.41) is 1.16. The highest BCUT2D eigenvalue weighted by Gasteiger charge is 2.10. The van der Waals surface area contributed by atoms with Crippen LogP contribution in [0.15, 0.2) is 36.9 Å². The molecule has 0 amide bonds. The van der Waals surface area contributed by atoms with E-state index in [0.29, 0.717) is 22.4 Å². The van der Waals surface area contributed by atoms with Gasteiger partial charge in [0.05, 0.1) is 17.5 Å². The molecule has 0 bridgehead atoms. The van der Waals surface area contributed by atoms with Crippen LogP contribution in [0.1, 0.15) is 19.4 Å². The van der Waals surface area contributed by atoms with Gasteiger partial charge in [-0.05, 0) is 31.3 Å². The third-order valence-electron chi connectivity index (χ3n) is 3.55. The zero-order chi connectivity index (χ0) is 16.7. The molecule has 23 heavy (non-hydrogen) atoms. The zero-order valence-corrected chi connectivity index (χ0v) is 14.9. The molecule has 0 radical (unpaired) electrons. The summed E-state index contributed by atoms with van der Waals surface area (Å²) >= 11 is 12.3. The maximum Gasteiger partial charge on any atom is 0.144 e. The van der Waals surface area contributed by atoms with Crippen LogP contribution in [0.3, 0.4) is 0 Å². The topological polar surface area (TPSA) is 30.3 Å². The maximum atomic E-state index is 6.32. The molecule has 0 N–H and O–H groups in total. The Hall–Kier alpha value is -1.49. The van der Waals surface area contributed by atoms with Crippen molar-refractivity contribution in [1.29, 1.82) is 0 Å². The van der Waals surface area contributed by atoms with E-state index < -0.39 is 0 Å². The van der Waals surface area contributed by atoms with Gasteiger partial charge < -0.3 is 14.2 Å². The van der Waals surface area contributed by atoms with Gasteiger partial charge in [0, 0.05) is 29.5 Å². The molecule has 124 valence electrons. The fourth-order valence-corrected chi connectivity index (χ4v) is 2.68. The standard InChI is InChI=1S/C17H21Cl2N3O/c1-3-21(4-2)9-10-23-17(12-22-8-7-20-13-22)15-6-5-14(18)11-16(15)19/h5-8,11-13H,3-4,9-10H2,1-2H3. The van der Waals surface area contributed by atoms with Crippen molar-refractivity contribution < 1.29 is 4.74 Å². The van der Waals surface area contributed by atoms with Crippen LogP contribution >= 0.6 is 23.2 Å². The minimum Gasteiger partial charge on any atom is -0.490 e. The van der Waals surface area contributed by atoms with Crippen LogP contribution in [0, 0.1) is 0 Å². The Kier molecular flexibility index (Phi) is 6.96. The Morgan fingerprint density at radius 3 is 2.70 bits per heavy atom. The van der Waals surface area contributed by atoms with E-state index in [4.69, 9.17) is 27.9 Å². The lowest BCUT2D eigenvalue weighted by molar-refractivity contribution is 0.202. The normalized spacial score (nSPS) is 12.0. The summed E-state index contributed by atoms with van der Waals surface area (Å²) in [5.74, 6) is 0.692. The Balaban J connectivity index is 2.19. The first-order chi connectivity index (χ1) is 11.1. The van der Waals surface area contributed by atoms with Crippen molar-refractivity contribution in [2.45, 2.75) is 13.8 Å². The van der Waals surface area contributed by atoms with Gasteiger partial charge in [-0.1, -0.05) is 37.0 Å². The maximum absolute atomic E-state index is 6.32. The molecule has 0 spiro atoms. The van der Waals surface area contributed by atoms with Crippen molar-refractivity contribution in [1.82, 2.24) is 14.5 Å². The van der Waals surface area contributed by atoms with E-state index in [1.165, 1.54) is 0 Å². The summed E-state index contributed by atoms with van der Waals surface area (Å²) < 4.78 is 7.83. The second kappa shape index (κ2) is 8.96. The minimum atomic E-state index is 0.562. The molecule has 6 heteroatoms. The Morgan fingerprint density at radius 1 is 1.30 bits per heavy atom. The molecule has 0 unspecified atom stereocenters. The SMILES string of the molecule is CCN(CC)CCOC(=Cn1ccnc1)c1ccc(Cl)cc1Cl. The lowest BCUT2D eigenvalue weighted by Crippen LogP contribution is -2.26. The van der Waals surface area contributed by atoms with Crippen LogP contribution in [-0.4, -0.2) is 40.7 Å². The van der Waals surface area contributed by atoms with Gasteiger partial charge in [-0.3, -0.25) is 0 Å². The molecular formula is C17H21Cl2N3O. The highest BCUT2D eigenvalue weighted by molar-refractivity contribution is 6.35. The molecule has 4 nitrogen and oxygen atoms in total. The lowest BCUT2D eigenvalue weighted by atomic mass is 10.2. The number of hydrogen-bond acceptors (Lipinski definition) is 3. The van der Waals surface area contributed by atoms with Crippen molar-refractivity contribution in [3.05, 3.63) is 52.5 Å². The fraction of sp³-hybridized carbons (Fsp3) is 0.353. The van der Waals surface area contributed by atoms with Crippen LogP contribution in [0.5, 0.6) is 0 Å². The summed E-state index contributed by atoms with van der Waals surface area (Å²) in [6.45, 7) is 7.73. The van der Waals surface area contributed by atoms with Crippen LogP contribution in [-0.2, 0) is 4.74 Å². The van der Waals surface area contributed by atoms with E-state index >= 15 is 0 Å². The van der Waals surface area contributed by atoms with Gasteiger partial charge in [0.1, 0.15) is 12.4 Å². The first-order valence-corrected chi connectivity index (χ1v) is 8.39. The number of nitrogens with zero attached hydrogens (tertiary/aromatic N) is 3. The molecule has 0 atom stereocenters. The average Bonchev–Trinajstić information content (AvgIpc) is 3.04. The average molecular weight is 354 g/mol. The van der Waals surface area contributed by atoms with Gasteiger partial charge >= 0.3 is 0 Å². The molecule has 0 fully saturated rings. The summed E-state index contributed by atoms with van der Waals surface area (Å²) in [6.07, 6.45) is 7.13. The van der Waals surface area contributed by atoms with Crippen LogP contribution in [0.4, 0.5) is 0 Å². The predicted octanol–water partition coefficient (Wildman–Crippen LogP) is 4.50. The third kappa shape index (κ3) is 5.27.